The number of esters is 1. The molecule has 0 fully saturated rings. The molecular weight excluding hydrogens is 540 g/mol. The molecule has 0 radical (unpaired) electrons. The second-order valence-corrected chi connectivity index (χ2v) is 9.91. The van der Waals surface area contributed by atoms with Crippen LogP contribution in [-0.2, 0) is 16.0 Å². The van der Waals surface area contributed by atoms with Crippen LogP contribution in [0.3, 0.4) is 0 Å². The van der Waals surface area contributed by atoms with Crippen LogP contribution in [0.25, 0.3) is 0 Å². The second-order valence-electron chi connectivity index (χ2n) is 9.91. The number of phenols is 1. The first kappa shape index (κ1) is 44.9. The van der Waals surface area contributed by atoms with Crippen molar-refractivity contribution in [3.63, 3.8) is 0 Å². The van der Waals surface area contributed by atoms with Crippen LogP contribution in [0.1, 0.15) is 136 Å². The molecule has 0 saturated carbocycles. The minimum absolute atomic E-state index is 0.186. The SMILES string of the molecule is CC.CC.CC.CC.Cc1cc(Oc2c(C)cc(CC(=O)OC(C)CCCC(O)CCCC(C)O)cc2C)cc(C)c1O. The van der Waals surface area contributed by atoms with Crippen molar-refractivity contribution < 1.29 is 29.6 Å². The van der Waals surface area contributed by atoms with Crippen LogP contribution in [-0.4, -0.2) is 39.6 Å². The molecule has 3 unspecified atom stereocenters. The summed E-state index contributed by atoms with van der Waals surface area (Å²) < 4.78 is 11.7. The zero-order chi connectivity index (χ0) is 34.1. The molecule has 2 aromatic rings. The van der Waals surface area contributed by atoms with Crippen molar-refractivity contribution in [3.8, 4) is 17.2 Å². The molecule has 6 nitrogen and oxygen atoms in total. The number of ether oxygens (including phenoxy) is 2. The predicted molar refractivity (Wildman–Crippen MR) is 184 cm³/mol. The number of hydrogen-bond acceptors (Lipinski definition) is 6. The number of hydrogen-bond donors (Lipinski definition) is 3. The molecule has 0 aromatic heterocycles. The summed E-state index contributed by atoms with van der Waals surface area (Å²) in [4.78, 5) is 12.5. The molecule has 43 heavy (non-hydrogen) atoms. The molecule has 3 N–H and O–H groups in total. The molecular formula is C37H66O6. The lowest BCUT2D eigenvalue weighted by atomic mass is 10.0. The molecule has 2 rings (SSSR count). The van der Waals surface area contributed by atoms with E-state index in [0.717, 1.165) is 46.4 Å². The fraction of sp³-hybridized carbons (Fsp3) is 0.649. The molecule has 0 aliphatic carbocycles. The van der Waals surface area contributed by atoms with Gasteiger partial charge in [-0.2, -0.15) is 0 Å². The van der Waals surface area contributed by atoms with E-state index in [4.69, 9.17) is 9.47 Å². The topological polar surface area (TPSA) is 96.2 Å². The van der Waals surface area contributed by atoms with E-state index in [9.17, 15) is 20.1 Å². The molecule has 0 aliphatic rings. The molecule has 6 heteroatoms. The quantitative estimate of drug-likeness (QED) is 0.196. The van der Waals surface area contributed by atoms with Gasteiger partial charge in [0.15, 0.2) is 0 Å². The Balaban J connectivity index is -0.00000184. The number of aryl methyl sites for hydroxylation is 4. The number of aromatic hydroxyl groups is 1. The van der Waals surface area contributed by atoms with Gasteiger partial charge in [-0.3, -0.25) is 4.79 Å². The second kappa shape index (κ2) is 27.0. The van der Waals surface area contributed by atoms with Crippen LogP contribution < -0.4 is 4.74 Å². The van der Waals surface area contributed by atoms with Crippen LogP contribution in [0.15, 0.2) is 24.3 Å². The number of aliphatic hydroxyl groups excluding tert-OH is 2. The fourth-order valence-corrected chi connectivity index (χ4v) is 4.32. The number of carbonyl (C=O) groups excluding carboxylic acids is 1. The van der Waals surface area contributed by atoms with Crippen molar-refractivity contribution in [2.45, 2.75) is 160 Å². The first-order valence-electron chi connectivity index (χ1n) is 16.6. The van der Waals surface area contributed by atoms with Gasteiger partial charge in [0.05, 0.1) is 24.7 Å². The third-order valence-electron chi connectivity index (χ3n) is 6.19. The van der Waals surface area contributed by atoms with E-state index in [1.54, 1.807) is 6.92 Å². The average molecular weight is 607 g/mol. The maximum atomic E-state index is 12.5. The summed E-state index contributed by atoms with van der Waals surface area (Å²) in [5.41, 5.74) is 4.24. The smallest absolute Gasteiger partial charge is 0.310 e. The lowest BCUT2D eigenvalue weighted by Crippen LogP contribution is -2.17. The molecule has 0 spiro atoms. The summed E-state index contributed by atoms with van der Waals surface area (Å²) in [7, 11) is 0. The third-order valence-corrected chi connectivity index (χ3v) is 6.19. The van der Waals surface area contributed by atoms with Crippen molar-refractivity contribution in [3.05, 3.63) is 52.1 Å². The van der Waals surface area contributed by atoms with Crippen LogP contribution in [0.4, 0.5) is 0 Å². The van der Waals surface area contributed by atoms with Crippen molar-refractivity contribution in [2.24, 2.45) is 0 Å². The minimum Gasteiger partial charge on any atom is -0.507 e. The monoisotopic (exact) mass is 606 g/mol. The summed E-state index contributed by atoms with van der Waals surface area (Å²) in [5.74, 6) is 1.41. The van der Waals surface area contributed by atoms with E-state index in [-0.39, 0.29) is 36.5 Å². The molecule has 0 aliphatic heterocycles. The van der Waals surface area contributed by atoms with Crippen LogP contribution in [0, 0.1) is 27.7 Å². The molecule has 2 aromatic carbocycles. The van der Waals surface area contributed by atoms with Crippen molar-refractivity contribution >= 4 is 5.97 Å². The normalized spacial score (nSPS) is 11.8. The highest BCUT2D eigenvalue weighted by Gasteiger charge is 2.15. The zero-order valence-electron chi connectivity index (χ0n) is 30.1. The number of rotatable bonds is 13. The van der Waals surface area contributed by atoms with Crippen LogP contribution >= 0.6 is 0 Å². The van der Waals surface area contributed by atoms with Gasteiger partial charge in [-0.15, -0.1) is 0 Å². The van der Waals surface area contributed by atoms with Gasteiger partial charge in [0.1, 0.15) is 17.2 Å². The standard InChI is InChI=1S/C29H42O6.4C2H6/c1-18-15-26(16-19(2)28(18)33)35-29-20(3)13-24(14-21(29)4)17-27(32)34-23(6)10-8-12-25(31)11-7-9-22(5)30;4*1-2/h13-16,22-23,25,30-31,33H,7-12,17H2,1-6H3;4*1-2H3. The van der Waals surface area contributed by atoms with Gasteiger partial charge in [0, 0.05) is 0 Å². The highest BCUT2D eigenvalue weighted by atomic mass is 16.5. The van der Waals surface area contributed by atoms with Crippen molar-refractivity contribution in [1.82, 2.24) is 0 Å². The Morgan fingerprint density at radius 2 is 1.14 bits per heavy atom. The fourth-order valence-electron chi connectivity index (χ4n) is 4.32. The lowest BCUT2D eigenvalue weighted by molar-refractivity contribution is -0.147. The van der Waals surface area contributed by atoms with Crippen molar-refractivity contribution in [2.75, 3.05) is 0 Å². The molecule has 0 bridgehead atoms. The summed E-state index contributed by atoms with van der Waals surface area (Å²) in [6.45, 7) is 27.2. The Hall–Kier alpha value is -2.57. The van der Waals surface area contributed by atoms with Gasteiger partial charge in [0.2, 0.25) is 0 Å². The molecule has 0 heterocycles. The highest BCUT2D eigenvalue weighted by molar-refractivity contribution is 5.73. The molecule has 250 valence electrons. The van der Waals surface area contributed by atoms with Crippen LogP contribution in [0.2, 0.25) is 0 Å². The van der Waals surface area contributed by atoms with Gasteiger partial charge < -0.3 is 24.8 Å². The van der Waals surface area contributed by atoms with E-state index in [1.807, 2.05) is 114 Å². The predicted octanol–water partition coefficient (Wildman–Crippen LogP) is 10.1. The highest BCUT2D eigenvalue weighted by Crippen LogP contribution is 2.34. The van der Waals surface area contributed by atoms with Gasteiger partial charge >= 0.3 is 5.97 Å². The Labute approximate surface area is 264 Å². The van der Waals surface area contributed by atoms with E-state index in [1.165, 1.54) is 0 Å². The molecule has 0 saturated heterocycles. The Kier molecular flexibility index (Phi) is 28.2. The lowest BCUT2D eigenvalue weighted by Gasteiger charge is -2.17. The Morgan fingerprint density at radius 1 is 0.698 bits per heavy atom. The molecule has 3 atom stereocenters. The number of phenolic OH excluding ortho intramolecular Hbond substituents is 1. The molecule has 0 amide bonds. The largest absolute Gasteiger partial charge is 0.507 e. The van der Waals surface area contributed by atoms with E-state index < -0.39 is 0 Å². The first-order chi connectivity index (χ1) is 20.5. The average Bonchev–Trinajstić information content (AvgIpc) is 2.97. The van der Waals surface area contributed by atoms with Crippen molar-refractivity contribution in [1.29, 1.82) is 0 Å². The Morgan fingerprint density at radius 3 is 1.58 bits per heavy atom. The number of benzene rings is 2. The van der Waals surface area contributed by atoms with Gasteiger partial charge in [0.25, 0.3) is 0 Å². The van der Waals surface area contributed by atoms with Gasteiger partial charge in [-0.1, -0.05) is 67.5 Å². The number of aliphatic hydroxyl groups is 2. The third kappa shape index (κ3) is 19.4. The maximum absolute atomic E-state index is 12.5. The maximum Gasteiger partial charge on any atom is 0.310 e. The summed E-state index contributed by atoms with van der Waals surface area (Å²) in [6, 6.07) is 7.50. The summed E-state index contributed by atoms with van der Waals surface area (Å²) in [6.07, 6.45) is 3.62. The Bertz CT molecular complexity index is 937. The van der Waals surface area contributed by atoms with Gasteiger partial charge in [-0.25, -0.2) is 0 Å². The zero-order valence-corrected chi connectivity index (χ0v) is 30.1. The summed E-state index contributed by atoms with van der Waals surface area (Å²) in [5, 5.41) is 29.3. The van der Waals surface area contributed by atoms with Crippen LogP contribution in [0.5, 0.6) is 17.2 Å². The van der Waals surface area contributed by atoms with E-state index >= 15 is 0 Å². The van der Waals surface area contributed by atoms with Gasteiger partial charge in [-0.05, 0) is 120 Å². The van der Waals surface area contributed by atoms with E-state index in [2.05, 4.69) is 0 Å². The first-order valence-corrected chi connectivity index (χ1v) is 16.6. The minimum atomic E-state index is -0.377. The number of carbonyl (C=O) groups is 1. The van der Waals surface area contributed by atoms with E-state index in [0.29, 0.717) is 31.4 Å². The summed E-state index contributed by atoms with van der Waals surface area (Å²) >= 11 is 0.